The van der Waals surface area contributed by atoms with E-state index in [-0.39, 0.29) is 0 Å². The lowest BCUT2D eigenvalue weighted by Crippen LogP contribution is -2.06. The fourth-order valence-corrected chi connectivity index (χ4v) is 4.91. The largest absolute Gasteiger partial charge is 0.383 e. The highest BCUT2D eigenvalue weighted by atomic mass is 79.9. The number of hydrogen-bond donors (Lipinski definition) is 2. The standard InChI is InChI=1S/C22H23BrN6/c23-18-11-15-5-3-14(10-19(15)28-21(18)25)2-1-13-4-6-16(9-13)29-8-7-17-20(24)26-12-27-22(17)29/h3,5,7-8,10-13,16H,1-2,4,6,9H2,(H2,25,28)(H2,24,26,27)/t13?,16-/m0/s1. The van der Waals surface area contributed by atoms with Gasteiger partial charge in [0, 0.05) is 17.6 Å². The van der Waals surface area contributed by atoms with E-state index < -0.39 is 0 Å². The molecule has 2 atom stereocenters. The predicted octanol–water partition coefficient (Wildman–Crippen LogP) is 4.88. The van der Waals surface area contributed by atoms with Gasteiger partial charge in [-0.2, -0.15) is 0 Å². The molecule has 29 heavy (non-hydrogen) atoms. The Morgan fingerprint density at radius 3 is 2.86 bits per heavy atom. The summed E-state index contributed by atoms with van der Waals surface area (Å²) < 4.78 is 3.13. The number of anilines is 2. The van der Waals surface area contributed by atoms with E-state index in [4.69, 9.17) is 11.5 Å². The molecule has 6 nitrogen and oxygen atoms in total. The maximum Gasteiger partial charge on any atom is 0.145 e. The van der Waals surface area contributed by atoms with Crippen LogP contribution in [0.3, 0.4) is 0 Å². The molecule has 7 heteroatoms. The predicted molar refractivity (Wildman–Crippen MR) is 120 cm³/mol. The summed E-state index contributed by atoms with van der Waals surface area (Å²) >= 11 is 3.45. The van der Waals surface area contributed by atoms with Crippen molar-refractivity contribution in [1.82, 2.24) is 19.5 Å². The van der Waals surface area contributed by atoms with Crippen molar-refractivity contribution in [3.8, 4) is 0 Å². The molecule has 1 fully saturated rings. The van der Waals surface area contributed by atoms with Crippen LogP contribution in [0.25, 0.3) is 21.9 Å². The zero-order valence-corrected chi connectivity index (χ0v) is 17.6. The van der Waals surface area contributed by atoms with E-state index >= 15 is 0 Å². The first-order chi connectivity index (χ1) is 14.1. The summed E-state index contributed by atoms with van der Waals surface area (Å²) in [6.45, 7) is 0. The number of nitrogen functional groups attached to an aromatic ring is 2. The molecule has 3 aromatic heterocycles. The van der Waals surface area contributed by atoms with Crippen molar-refractivity contribution in [3.63, 3.8) is 0 Å². The normalized spacial score (nSPS) is 19.3. The second kappa shape index (κ2) is 7.30. The Bertz CT molecular complexity index is 1200. The van der Waals surface area contributed by atoms with E-state index in [2.05, 4.69) is 59.8 Å². The highest BCUT2D eigenvalue weighted by Crippen LogP contribution is 2.39. The van der Waals surface area contributed by atoms with Crippen LogP contribution < -0.4 is 11.5 Å². The summed E-state index contributed by atoms with van der Waals surface area (Å²) in [6, 6.07) is 11.1. The number of halogens is 1. The molecule has 4 N–H and O–H groups in total. The number of fused-ring (bicyclic) bond motifs is 2. The summed E-state index contributed by atoms with van der Waals surface area (Å²) in [6.07, 6.45) is 9.52. The first-order valence-electron chi connectivity index (χ1n) is 10.00. The van der Waals surface area contributed by atoms with Crippen molar-refractivity contribution < 1.29 is 0 Å². The fourth-order valence-electron chi connectivity index (χ4n) is 4.58. The number of nitrogens with zero attached hydrogens (tertiary/aromatic N) is 4. The summed E-state index contributed by atoms with van der Waals surface area (Å²) in [4.78, 5) is 13.1. The van der Waals surface area contributed by atoms with Crippen LogP contribution >= 0.6 is 15.9 Å². The molecule has 0 bridgehead atoms. The molecule has 5 rings (SSSR count). The van der Waals surface area contributed by atoms with Crippen LogP contribution in [0.5, 0.6) is 0 Å². The fraction of sp³-hybridized carbons (Fsp3) is 0.318. The van der Waals surface area contributed by atoms with E-state index in [1.807, 2.05) is 12.1 Å². The van der Waals surface area contributed by atoms with Gasteiger partial charge in [-0.15, -0.1) is 0 Å². The van der Waals surface area contributed by atoms with E-state index in [1.165, 1.54) is 31.2 Å². The van der Waals surface area contributed by atoms with Crippen molar-refractivity contribution >= 4 is 49.5 Å². The van der Waals surface area contributed by atoms with Gasteiger partial charge in [-0.3, -0.25) is 0 Å². The van der Waals surface area contributed by atoms with Crippen LogP contribution in [0.2, 0.25) is 0 Å². The molecular weight excluding hydrogens is 428 g/mol. The molecule has 0 saturated heterocycles. The topological polar surface area (TPSA) is 95.6 Å². The maximum atomic E-state index is 5.98. The Morgan fingerprint density at radius 1 is 1.07 bits per heavy atom. The molecule has 148 valence electrons. The minimum Gasteiger partial charge on any atom is -0.383 e. The summed E-state index contributed by atoms with van der Waals surface area (Å²) in [5.41, 5.74) is 15.2. The van der Waals surface area contributed by atoms with Crippen LogP contribution in [0.15, 0.2) is 47.3 Å². The highest BCUT2D eigenvalue weighted by molar-refractivity contribution is 9.10. The number of rotatable bonds is 4. The maximum absolute atomic E-state index is 5.98. The third-order valence-electron chi connectivity index (χ3n) is 6.15. The summed E-state index contributed by atoms with van der Waals surface area (Å²) in [7, 11) is 0. The lowest BCUT2D eigenvalue weighted by Gasteiger charge is -2.14. The van der Waals surface area contributed by atoms with Gasteiger partial charge in [0.15, 0.2) is 0 Å². The minimum atomic E-state index is 0.488. The van der Waals surface area contributed by atoms with Gasteiger partial charge in [0.1, 0.15) is 23.6 Å². The Kier molecular flexibility index (Phi) is 4.62. The van der Waals surface area contributed by atoms with Crippen molar-refractivity contribution in [2.45, 2.75) is 38.1 Å². The van der Waals surface area contributed by atoms with Gasteiger partial charge in [0.2, 0.25) is 0 Å². The van der Waals surface area contributed by atoms with Crippen molar-refractivity contribution in [2.24, 2.45) is 5.92 Å². The Hall–Kier alpha value is -2.67. The first kappa shape index (κ1) is 18.4. The number of pyridine rings is 1. The molecule has 1 aliphatic carbocycles. The molecule has 1 aliphatic rings. The molecule has 0 amide bonds. The Labute approximate surface area is 177 Å². The number of hydrogen-bond acceptors (Lipinski definition) is 5. The molecule has 0 spiro atoms. The third kappa shape index (κ3) is 3.44. The average Bonchev–Trinajstić information content (AvgIpc) is 3.35. The number of benzene rings is 1. The van der Waals surface area contributed by atoms with Crippen molar-refractivity contribution in [3.05, 3.63) is 52.9 Å². The minimum absolute atomic E-state index is 0.488. The van der Waals surface area contributed by atoms with Gasteiger partial charge in [-0.05, 0) is 77.7 Å². The lowest BCUT2D eigenvalue weighted by molar-refractivity contribution is 0.461. The second-order valence-corrected chi connectivity index (χ2v) is 8.83. The third-order valence-corrected chi connectivity index (χ3v) is 6.79. The van der Waals surface area contributed by atoms with Crippen molar-refractivity contribution in [2.75, 3.05) is 11.5 Å². The molecule has 4 aromatic rings. The molecule has 1 unspecified atom stereocenters. The molecule has 1 aromatic carbocycles. The van der Waals surface area contributed by atoms with Gasteiger partial charge in [0.25, 0.3) is 0 Å². The molecule has 3 heterocycles. The molecular formula is C22H23BrN6. The number of aryl methyl sites for hydroxylation is 1. The summed E-state index contributed by atoms with van der Waals surface area (Å²) in [5.74, 6) is 1.81. The lowest BCUT2D eigenvalue weighted by atomic mass is 9.97. The van der Waals surface area contributed by atoms with Crippen LogP contribution in [0, 0.1) is 5.92 Å². The van der Waals surface area contributed by atoms with Gasteiger partial charge >= 0.3 is 0 Å². The van der Waals surface area contributed by atoms with Gasteiger partial charge < -0.3 is 16.0 Å². The van der Waals surface area contributed by atoms with Crippen LogP contribution in [-0.2, 0) is 6.42 Å². The first-order valence-corrected chi connectivity index (χ1v) is 10.8. The van der Waals surface area contributed by atoms with Crippen LogP contribution in [0.4, 0.5) is 11.6 Å². The zero-order chi connectivity index (χ0) is 20.0. The van der Waals surface area contributed by atoms with Crippen LogP contribution in [-0.4, -0.2) is 19.5 Å². The highest BCUT2D eigenvalue weighted by Gasteiger charge is 2.27. The monoisotopic (exact) mass is 450 g/mol. The van der Waals surface area contributed by atoms with Crippen LogP contribution in [0.1, 0.15) is 37.3 Å². The number of nitrogens with two attached hydrogens (primary N) is 2. The molecule has 0 aliphatic heterocycles. The SMILES string of the molecule is Nc1nc2cc(CCC3CC[C@H](n4ccc5c(N)ncnc54)C3)ccc2cc1Br. The van der Waals surface area contributed by atoms with Gasteiger partial charge in [-0.25, -0.2) is 15.0 Å². The van der Waals surface area contributed by atoms with Crippen molar-refractivity contribution in [1.29, 1.82) is 0 Å². The molecule has 1 saturated carbocycles. The quantitative estimate of drug-likeness (QED) is 0.461. The Morgan fingerprint density at radius 2 is 1.97 bits per heavy atom. The summed E-state index contributed by atoms with van der Waals surface area (Å²) in [5, 5.41) is 2.06. The van der Waals surface area contributed by atoms with E-state index in [0.717, 1.165) is 38.7 Å². The number of aromatic nitrogens is 4. The molecule has 0 radical (unpaired) electrons. The van der Waals surface area contributed by atoms with E-state index in [0.29, 0.717) is 17.7 Å². The van der Waals surface area contributed by atoms with Gasteiger partial charge in [0.05, 0.1) is 15.4 Å². The van der Waals surface area contributed by atoms with Gasteiger partial charge in [-0.1, -0.05) is 12.1 Å². The second-order valence-electron chi connectivity index (χ2n) is 7.97. The average molecular weight is 451 g/mol. The Balaban J connectivity index is 1.27. The smallest absolute Gasteiger partial charge is 0.145 e. The van der Waals surface area contributed by atoms with E-state index in [1.54, 1.807) is 6.33 Å². The zero-order valence-electron chi connectivity index (χ0n) is 16.1. The van der Waals surface area contributed by atoms with E-state index in [9.17, 15) is 0 Å².